The van der Waals surface area contributed by atoms with E-state index in [0.29, 0.717) is 16.8 Å². The van der Waals surface area contributed by atoms with E-state index in [1.807, 2.05) is 0 Å². The van der Waals surface area contributed by atoms with Gasteiger partial charge in [0.25, 0.3) is 0 Å². The molecule has 0 radical (unpaired) electrons. The molecule has 12 heavy (non-hydrogen) atoms. The maximum absolute atomic E-state index is 10.4. The Morgan fingerprint density at radius 2 is 1.33 bits per heavy atom. The predicted molar refractivity (Wildman–Crippen MR) is 61.1 cm³/mol. The Kier molecular flexibility index (Phi) is 4.06. The molecule has 0 atom stereocenters. The van der Waals surface area contributed by atoms with Crippen LogP contribution in [-0.2, 0) is 11.5 Å². The smallest absolute Gasteiger partial charge is 0.198 e. The van der Waals surface area contributed by atoms with Crippen molar-refractivity contribution in [2.24, 2.45) is 4.36 Å². The third kappa shape index (κ3) is 3.77. The molecule has 72 valence electrons. The lowest BCUT2D eigenvalue weighted by Crippen LogP contribution is -2.52. The van der Waals surface area contributed by atoms with Gasteiger partial charge in [0.05, 0.1) is 16.1 Å². The number of hydrogen-bond donors (Lipinski definition) is 0. The largest absolute Gasteiger partial charge is 0.199 e. The van der Waals surface area contributed by atoms with Gasteiger partial charge in [-0.25, -0.2) is 0 Å². The molecule has 0 aromatic carbocycles. The van der Waals surface area contributed by atoms with Crippen LogP contribution < -0.4 is 0 Å². The molecule has 0 aliphatic heterocycles. The molecule has 0 amide bonds. The summed E-state index contributed by atoms with van der Waals surface area (Å²) >= 11 is 0.408. The van der Waals surface area contributed by atoms with Crippen LogP contribution in [0.15, 0.2) is 4.36 Å². The summed E-state index contributed by atoms with van der Waals surface area (Å²) in [5, 5.41) is 0.382. The SMILES string of the molecule is C[Si](C)(C)C(N=S=O)[Si](C)(C)C. The Bertz CT molecular complexity index is 186. The maximum Gasteiger partial charge on any atom is 0.199 e. The zero-order valence-corrected chi connectivity index (χ0v) is 11.7. The summed E-state index contributed by atoms with van der Waals surface area (Å²) in [5.74, 6) is 0. The van der Waals surface area contributed by atoms with Crippen molar-refractivity contribution in [3.8, 4) is 0 Å². The van der Waals surface area contributed by atoms with Gasteiger partial charge >= 0.3 is 0 Å². The molecule has 2 nitrogen and oxygen atoms in total. The first-order chi connectivity index (χ1) is 5.19. The molecule has 0 aromatic rings. The van der Waals surface area contributed by atoms with Crippen molar-refractivity contribution in [1.29, 1.82) is 0 Å². The van der Waals surface area contributed by atoms with Gasteiger partial charge in [0.1, 0.15) is 0 Å². The van der Waals surface area contributed by atoms with Crippen molar-refractivity contribution in [3.05, 3.63) is 0 Å². The maximum atomic E-state index is 10.4. The lowest BCUT2D eigenvalue weighted by atomic mass is 11.4. The average Bonchev–Trinajstić information content (AvgIpc) is 1.77. The van der Waals surface area contributed by atoms with Crippen molar-refractivity contribution >= 4 is 27.6 Å². The van der Waals surface area contributed by atoms with E-state index in [1.165, 1.54) is 0 Å². The molecule has 0 heterocycles. The first-order valence-electron chi connectivity index (χ1n) is 4.18. The first-order valence-corrected chi connectivity index (χ1v) is 12.0. The highest BCUT2D eigenvalue weighted by atomic mass is 32.1. The van der Waals surface area contributed by atoms with Gasteiger partial charge in [0.15, 0.2) is 11.5 Å². The zero-order chi connectivity index (χ0) is 9.99. The van der Waals surface area contributed by atoms with Crippen molar-refractivity contribution in [3.63, 3.8) is 0 Å². The minimum atomic E-state index is -1.27. The summed E-state index contributed by atoms with van der Waals surface area (Å²) in [5.41, 5.74) is 0. The molecule has 0 saturated carbocycles. The molecular formula is C7H19NOSSi2. The topological polar surface area (TPSA) is 29.4 Å². The van der Waals surface area contributed by atoms with Gasteiger partial charge in [0.2, 0.25) is 0 Å². The Balaban J connectivity index is 4.81. The highest BCUT2D eigenvalue weighted by Gasteiger charge is 2.37. The van der Waals surface area contributed by atoms with Gasteiger partial charge in [0, 0.05) is 5.29 Å². The van der Waals surface area contributed by atoms with Crippen LogP contribution in [0.25, 0.3) is 0 Å². The lowest BCUT2D eigenvalue weighted by Gasteiger charge is -2.33. The number of nitrogens with zero attached hydrogens (tertiary/aromatic N) is 1. The van der Waals surface area contributed by atoms with Gasteiger partial charge in [-0.05, 0) is 0 Å². The zero-order valence-electron chi connectivity index (χ0n) is 8.84. The lowest BCUT2D eigenvalue weighted by molar-refractivity contribution is 0.697. The van der Waals surface area contributed by atoms with Crippen molar-refractivity contribution in [2.75, 3.05) is 0 Å². The van der Waals surface area contributed by atoms with E-state index >= 15 is 0 Å². The molecule has 0 aliphatic carbocycles. The fourth-order valence-corrected chi connectivity index (χ4v) is 14.9. The van der Waals surface area contributed by atoms with Gasteiger partial charge < -0.3 is 0 Å². The van der Waals surface area contributed by atoms with Crippen molar-refractivity contribution in [2.45, 2.75) is 44.6 Å². The predicted octanol–water partition coefficient (Wildman–Crippen LogP) is 2.51. The second kappa shape index (κ2) is 3.97. The minimum Gasteiger partial charge on any atom is -0.198 e. The van der Waals surface area contributed by atoms with Crippen LogP contribution in [0.3, 0.4) is 0 Å². The van der Waals surface area contributed by atoms with Gasteiger partial charge in [-0.1, -0.05) is 39.3 Å². The summed E-state index contributed by atoms with van der Waals surface area (Å²) in [6.45, 7) is 13.7. The molecule has 0 aromatic heterocycles. The van der Waals surface area contributed by atoms with Gasteiger partial charge in [-0.15, -0.1) is 0 Å². The normalized spacial score (nSPS) is 13.2. The summed E-state index contributed by atoms with van der Waals surface area (Å²) in [4.78, 5) is 0. The van der Waals surface area contributed by atoms with E-state index in [2.05, 4.69) is 43.6 Å². The minimum absolute atomic E-state index is 0.382. The molecule has 0 saturated heterocycles. The highest BCUT2D eigenvalue weighted by Crippen LogP contribution is 2.21. The standard InChI is InChI=1S/C7H19NOSSi2/c1-11(2,3)7(8-10-9)12(4,5)6/h7H,1-6H3. The fourth-order valence-electron chi connectivity index (χ4n) is 1.66. The second-order valence-corrected chi connectivity index (χ2v) is 16.8. The van der Waals surface area contributed by atoms with Gasteiger partial charge in [-0.3, -0.25) is 0 Å². The first kappa shape index (κ1) is 12.3. The van der Waals surface area contributed by atoms with E-state index in [4.69, 9.17) is 0 Å². The number of rotatable bonds is 3. The van der Waals surface area contributed by atoms with Crippen molar-refractivity contribution < 1.29 is 4.21 Å². The summed E-state index contributed by atoms with van der Waals surface area (Å²) in [7, 11) is -2.54. The van der Waals surface area contributed by atoms with Crippen LogP contribution in [0.4, 0.5) is 0 Å². The second-order valence-electron chi connectivity index (χ2n) is 5.31. The number of hydrogen-bond acceptors (Lipinski definition) is 2. The quantitative estimate of drug-likeness (QED) is 0.673. The van der Waals surface area contributed by atoms with Crippen LogP contribution in [0.5, 0.6) is 0 Å². The van der Waals surface area contributed by atoms with Crippen LogP contribution in [0.1, 0.15) is 0 Å². The molecule has 0 unspecified atom stereocenters. The van der Waals surface area contributed by atoms with Crippen LogP contribution in [-0.4, -0.2) is 25.6 Å². The van der Waals surface area contributed by atoms with E-state index in [0.717, 1.165) is 0 Å². The average molecular weight is 221 g/mol. The Morgan fingerprint density at radius 3 is 1.42 bits per heavy atom. The Labute approximate surface area is 81.0 Å². The molecule has 0 rings (SSSR count). The van der Waals surface area contributed by atoms with E-state index in [9.17, 15) is 4.21 Å². The van der Waals surface area contributed by atoms with E-state index in [1.54, 1.807) is 0 Å². The van der Waals surface area contributed by atoms with Gasteiger partial charge in [-0.2, -0.15) is 8.57 Å². The molecular weight excluding hydrogens is 202 g/mol. The summed E-state index contributed by atoms with van der Waals surface area (Å²) in [6.07, 6.45) is 0. The third-order valence-electron chi connectivity index (χ3n) is 1.79. The molecule has 5 heteroatoms. The molecule has 0 bridgehead atoms. The van der Waals surface area contributed by atoms with Crippen LogP contribution in [0, 0.1) is 0 Å². The van der Waals surface area contributed by atoms with Crippen LogP contribution >= 0.6 is 0 Å². The molecule has 0 N–H and O–H groups in total. The summed E-state index contributed by atoms with van der Waals surface area (Å²) < 4.78 is 14.6. The molecule has 0 spiro atoms. The van der Waals surface area contributed by atoms with E-state index in [-0.39, 0.29) is 0 Å². The Morgan fingerprint density at radius 1 is 1.00 bits per heavy atom. The third-order valence-corrected chi connectivity index (χ3v) is 11.2. The van der Waals surface area contributed by atoms with Crippen molar-refractivity contribution in [1.82, 2.24) is 0 Å². The van der Waals surface area contributed by atoms with Crippen LogP contribution in [0.2, 0.25) is 39.3 Å². The summed E-state index contributed by atoms with van der Waals surface area (Å²) in [6, 6.07) is 0. The highest BCUT2D eigenvalue weighted by molar-refractivity contribution is 7.54. The fraction of sp³-hybridized carbons (Fsp3) is 1.00. The monoisotopic (exact) mass is 221 g/mol. The molecule has 0 aliphatic rings. The molecule has 0 fully saturated rings. The Hall–Kier alpha value is 0.254. The van der Waals surface area contributed by atoms with E-state index < -0.39 is 16.1 Å².